The number of halogens is 1. The molecule has 1 aromatic carbocycles. The highest BCUT2D eigenvalue weighted by Gasteiger charge is 2.00. The number of hydrogen-bond donors (Lipinski definition) is 2. The molecule has 0 unspecified atom stereocenters. The quantitative estimate of drug-likeness (QED) is 0.796. The fourth-order valence-corrected chi connectivity index (χ4v) is 1.49. The Morgan fingerprint density at radius 3 is 2.93 bits per heavy atom. The van der Waals surface area contributed by atoms with Crippen molar-refractivity contribution in [3.63, 3.8) is 0 Å². The lowest BCUT2D eigenvalue weighted by Crippen LogP contribution is -1.89. The van der Waals surface area contributed by atoms with Crippen molar-refractivity contribution in [2.24, 2.45) is 0 Å². The van der Waals surface area contributed by atoms with Gasteiger partial charge in [-0.05, 0) is 17.7 Å². The number of nitrogens with one attached hydrogen (secondary N) is 1. The van der Waals surface area contributed by atoms with Gasteiger partial charge < -0.3 is 10.1 Å². The molecule has 0 bridgehead atoms. The first-order valence-corrected chi connectivity index (χ1v) is 4.59. The lowest BCUT2D eigenvalue weighted by atomic mass is 10.1. The van der Waals surface area contributed by atoms with Crippen LogP contribution in [0.4, 0.5) is 0 Å². The summed E-state index contributed by atoms with van der Waals surface area (Å²) in [7, 11) is 0. The minimum absolute atomic E-state index is 0.0852. The van der Waals surface area contributed by atoms with Crippen molar-refractivity contribution in [1.82, 2.24) is 9.97 Å². The number of aromatic nitrogens is 2. The fourth-order valence-electron chi connectivity index (χ4n) is 1.28. The van der Waals surface area contributed by atoms with Crippen LogP contribution in [0.2, 0.25) is 5.02 Å². The normalized spacial score (nSPS) is 10.4. The molecular weight excluding hydrogens is 200 g/mol. The molecule has 1 aromatic heterocycles. The topological polar surface area (TPSA) is 48.9 Å². The maximum atomic E-state index is 9.04. The van der Waals surface area contributed by atoms with Crippen molar-refractivity contribution >= 4 is 11.6 Å². The maximum absolute atomic E-state index is 9.04. The van der Waals surface area contributed by atoms with Gasteiger partial charge in [0.05, 0.1) is 6.20 Å². The van der Waals surface area contributed by atoms with Crippen molar-refractivity contribution < 1.29 is 5.11 Å². The van der Waals surface area contributed by atoms with Gasteiger partial charge in [0.25, 0.3) is 0 Å². The third-order valence-corrected chi connectivity index (χ3v) is 2.11. The largest absolute Gasteiger partial charge is 0.493 e. The molecule has 0 amide bonds. The predicted molar refractivity (Wildman–Crippen MR) is 54.5 cm³/mol. The van der Waals surface area contributed by atoms with Gasteiger partial charge in [-0.25, -0.2) is 4.98 Å². The second-order valence-corrected chi connectivity index (χ2v) is 3.46. The zero-order valence-electron chi connectivity index (χ0n) is 7.37. The number of rotatable bonds is 2. The van der Waals surface area contributed by atoms with Crippen molar-refractivity contribution in [3.8, 4) is 5.88 Å². The van der Waals surface area contributed by atoms with Crippen molar-refractivity contribution in [2.45, 2.75) is 6.42 Å². The van der Waals surface area contributed by atoms with Crippen LogP contribution in [0.5, 0.6) is 5.88 Å². The molecule has 14 heavy (non-hydrogen) atoms. The zero-order valence-corrected chi connectivity index (χ0v) is 8.12. The van der Waals surface area contributed by atoms with Gasteiger partial charge in [-0.15, -0.1) is 0 Å². The number of nitrogens with zero attached hydrogens (tertiary/aromatic N) is 1. The van der Waals surface area contributed by atoms with E-state index in [0.717, 1.165) is 11.4 Å². The van der Waals surface area contributed by atoms with Crippen LogP contribution in [-0.4, -0.2) is 15.1 Å². The summed E-state index contributed by atoms with van der Waals surface area (Å²) in [6.45, 7) is 0. The van der Waals surface area contributed by atoms with E-state index >= 15 is 0 Å². The molecule has 0 saturated heterocycles. The number of H-pyrrole nitrogens is 1. The van der Waals surface area contributed by atoms with E-state index in [0.29, 0.717) is 11.4 Å². The second-order valence-electron chi connectivity index (χ2n) is 3.02. The predicted octanol–water partition coefficient (Wildman–Crippen LogP) is 2.36. The van der Waals surface area contributed by atoms with Crippen LogP contribution in [0, 0.1) is 0 Å². The molecule has 72 valence electrons. The van der Waals surface area contributed by atoms with E-state index in [2.05, 4.69) is 9.97 Å². The molecule has 0 aliphatic carbocycles. The van der Waals surface area contributed by atoms with E-state index in [1.165, 1.54) is 6.20 Å². The molecule has 1 heterocycles. The number of hydrogen-bond acceptors (Lipinski definition) is 2. The highest BCUT2D eigenvalue weighted by molar-refractivity contribution is 6.30. The van der Waals surface area contributed by atoms with Gasteiger partial charge in [0, 0.05) is 11.4 Å². The zero-order chi connectivity index (χ0) is 9.97. The van der Waals surface area contributed by atoms with Crippen LogP contribution in [-0.2, 0) is 6.42 Å². The maximum Gasteiger partial charge on any atom is 0.208 e. The van der Waals surface area contributed by atoms with Crippen LogP contribution >= 0.6 is 11.6 Å². The Balaban J connectivity index is 2.18. The molecule has 0 spiro atoms. The van der Waals surface area contributed by atoms with E-state index in [1.807, 2.05) is 24.3 Å². The summed E-state index contributed by atoms with van der Waals surface area (Å²) < 4.78 is 0. The Morgan fingerprint density at radius 2 is 2.29 bits per heavy atom. The van der Waals surface area contributed by atoms with E-state index in [-0.39, 0.29) is 5.88 Å². The molecular formula is C10H9ClN2O. The monoisotopic (exact) mass is 208 g/mol. The third-order valence-electron chi connectivity index (χ3n) is 1.88. The van der Waals surface area contributed by atoms with Crippen LogP contribution in [0.1, 0.15) is 11.4 Å². The summed E-state index contributed by atoms with van der Waals surface area (Å²) in [5.74, 6) is 0.812. The molecule has 0 saturated carbocycles. The molecule has 0 radical (unpaired) electrons. The number of imidazole rings is 1. The Labute approximate surface area is 86.4 Å². The molecule has 2 N–H and O–H groups in total. The molecule has 0 aliphatic rings. The van der Waals surface area contributed by atoms with Gasteiger partial charge in [0.2, 0.25) is 5.88 Å². The van der Waals surface area contributed by atoms with Gasteiger partial charge in [0.15, 0.2) is 0 Å². The summed E-state index contributed by atoms with van der Waals surface area (Å²) in [5, 5.41) is 9.75. The van der Waals surface area contributed by atoms with Crippen LogP contribution in [0.3, 0.4) is 0 Å². The second kappa shape index (κ2) is 3.72. The summed E-state index contributed by atoms with van der Waals surface area (Å²) in [5.41, 5.74) is 1.06. The first-order valence-electron chi connectivity index (χ1n) is 4.21. The first-order chi connectivity index (χ1) is 6.74. The average Bonchev–Trinajstić information content (AvgIpc) is 2.51. The first kappa shape index (κ1) is 9.09. The SMILES string of the molecule is Oc1cnc(Cc2cccc(Cl)c2)[nH]1. The summed E-state index contributed by atoms with van der Waals surface area (Å²) in [4.78, 5) is 6.74. The van der Waals surface area contributed by atoms with Crippen molar-refractivity contribution in [3.05, 3.63) is 46.9 Å². The molecule has 0 atom stereocenters. The van der Waals surface area contributed by atoms with Gasteiger partial charge in [-0.2, -0.15) is 0 Å². The third kappa shape index (κ3) is 2.06. The summed E-state index contributed by atoms with van der Waals surface area (Å²) in [6.07, 6.45) is 2.03. The Bertz CT molecular complexity index is 439. The molecule has 0 fully saturated rings. The summed E-state index contributed by atoms with van der Waals surface area (Å²) in [6, 6.07) is 7.55. The van der Waals surface area contributed by atoms with E-state index in [1.54, 1.807) is 0 Å². The average molecular weight is 209 g/mol. The van der Waals surface area contributed by atoms with Gasteiger partial charge in [0.1, 0.15) is 5.82 Å². The Hall–Kier alpha value is -1.48. The van der Waals surface area contributed by atoms with Crippen LogP contribution in [0.15, 0.2) is 30.5 Å². The number of aromatic hydroxyl groups is 1. The Morgan fingerprint density at radius 1 is 1.43 bits per heavy atom. The minimum atomic E-state index is 0.0852. The van der Waals surface area contributed by atoms with Gasteiger partial charge >= 0.3 is 0 Å². The lowest BCUT2D eigenvalue weighted by molar-refractivity contribution is 0.455. The highest BCUT2D eigenvalue weighted by atomic mass is 35.5. The lowest BCUT2D eigenvalue weighted by Gasteiger charge is -1.98. The fraction of sp³-hybridized carbons (Fsp3) is 0.100. The van der Waals surface area contributed by atoms with Crippen molar-refractivity contribution in [1.29, 1.82) is 0 Å². The molecule has 3 nitrogen and oxygen atoms in total. The van der Waals surface area contributed by atoms with Gasteiger partial charge in [-0.3, -0.25) is 0 Å². The standard InChI is InChI=1S/C10H9ClN2O/c11-8-3-1-2-7(4-8)5-9-12-6-10(14)13-9/h1-4,6,14H,5H2,(H,12,13). The minimum Gasteiger partial charge on any atom is -0.493 e. The van der Waals surface area contributed by atoms with E-state index in [4.69, 9.17) is 16.7 Å². The highest BCUT2D eigenvalue weighted by Crippen LogP contribution is 2.14. The molecule has 4 heteroatoms. The molecule has 2 aromatic rings. The van der Waals surface area contributed by atoms with Gasteiger partial charge in [-0.1, -0.05) is 23.7 Å². The summed E-state index contributed by atoms with van der Waals surface area (Å²) >= 11 is 5.84. The van der Waals surface area contributed by atoms with Crippen molar-refractivity contribution in [2.75, 3.05) is 0 Å². The van der Waals surface area contributed by atoms with Crippen LogP contribution < -0.4 is 0 Å². The molecule has 0 aliphatic heterocycles. The van der Waals surface area contributed by atoms with Crippen LogP contribution in [0.25, 0.3) is 0 Å². The smallest absolute Gasteiger partial charge is 0.208 e. The molecule has 2 rings (SSSR count). The number of aromatic amines is 1. The Kier molecular flexibility index (Phi) is 2.41. The number of benzene rings is 1. The van der Waals surface area contributed by atoms with E-state index < -0.39 is 0 Å². The van der Waals surface area contributed by atoms with E-state index in [9.17, 15) is 0 Å².